The first-order chi connectivity index (χ1) is 7.42. The van der Waals surface area contributed by atoms with Gasteiger partial charge in [0.15, 0.2) is 0 Å². The zero-order valence-electron chi connectivity index (χ0n) is 10.4. The van der Waals surface area contributed by atoms with Gasteiger partial charge in [0.25, 0.3) is 0 Å². The molecule has 1 atom stereocenters. The highest BCUT2D eigenvalue weighted by molar-refractivity contribution is 9.09. The highest BCUT2D eigenvalue weighted by Gasteiger charge is 2.32. The van der Waals surface area contributed by atoms with E-state index in [9.17, 15) is 0 Å². The molecule has 88 valence electrons. The summed E-state index contributed by atoms with van der Waals surface area (Å²) in [7, 11) is 0. The first kappa shape index (κ1) is 12.0. The summed E-state index contributed by atoms with van der Waals surface area (Å²) >= 11 is 3.76. The van der Waals surface area contributed by atoms with Gasteiger partial charge in [0.1, 0.15) is 5.75 Å². The van der Waals surface area contributed by atoms with Crippen molar-refractivity contribution in [2.45, 2.75) is 37.9 Å². The number of halogens is 1. The van der Waals surface area contributed by atoms with E-state index in [1.54, 1.807) is 0 Å². The molecule has 1 aliphatic rings. The summed E-state index contributed by atoms with van der Waals surface area (Å²) in [4.78, 5) is 0.425. The van der Waals surface area contributed by atoms with Gasteiger partial charge in [-0.05, 0) is 17.5 Å². The summed E-state index contributed by atoms with van der Waals surface area (Å²) in [6.45, 7) is 9.73. The Hall–Kier alpha value is -0.500. The van der Waals surface area contributed by atoms with Gasteiger partial charge in [-0.3, -0.25) is 0 Å². The van der Waals surface area contributed by atoms with Crippen LogP contribution in [0, 0.1) is 5.92 Å². The molecule has 1 unspecified atom stereocenters. The van der Waals surface area contributed by atoms with Crippen molar-refractivity contribution in [3.05, 3.63) is 29.3 Å². The molecule has 1 aliphatic heterocycles. The van der Waals surface area contributed by atoms with E-state index >= 15 is 0 Å². The zero-order valence-corrected chi connectivity index (χ0v) is 12.0. The van der Waals surface area contributed by atoms with E-state index in [0.717, 1.165) is 12.4 Å². The molecule has 0 amide bonds. The lowest BCUT2D eigenvalue weighted by molar-refractivity contribution is 0.291. The third-order valence-electron chi connectivity index (χ3n) is 3.23. The van der Waals surface area contributed by atoms with Crippen LogP contribution in [0.5, 0.6) is 5.75 Å². The molecule has 0 aliphatic carbocycles. The number of fused-ring (bicyclic) bond motifs is 1. The van der Waals surface area contributed by atoms with Crippen molar-refractivity contribution < 1.29 is 4.74 Å². The maximum Gasteiger partial charge on any atom is 0.123 e. The van der Waals surface area contributed by atoms with E-state index in [1.807, 2.05) is 0 Å². The lowest BCUT2D eigenvalue weighted by Gasteiger charge is -2.19. The summed E-state index contributed by atoms with van der Waals surface area (Å²) in [5, 5.41) is 0. The Morgan fingerprint density at radius 3 is 2.62 bits per heavy atom. The van der Waals surface area contributed by atoms with Crippen LogP contribution < -0.4 is 4.74 Å². The van der Waals surface area contributed by atoms with E-state index in [0.29, 0.717) is 10.7 Å². The molecular weight excluding hydrogens is 264 g/mol. The molecule has 0 bridgehead atoms. The topological polar surface area (TPSA) is 9.23 Å². The van der Waals surface area contributed by atoms with Crippen molar-refractivity contribution in [3.8, 4) is 5.75 Å². The standard InChI is InChI=1S/C14H19BrO/c1-9(2)13(15)10-5-6-12-11(7-10)14(3,4)8-16-12/h5-7,9,13H,8H2,1-4H3. The van der Waals surface area contributed by atoms with Crippen LogP contribution in [0.2, 0.25) is 0 Å². The minimum absolute atomic E-state index is 0.148. The van der Waals surface area contributed by atoms with Crippen LogP contribution in [0.1, 0.15) is 43.6 Å². The third-order valence-corrected chi connectivity index (χ3v) is 4.81. The van der Waals surface area contributed by atoms with Gasteiger partial charge >= 0.3 is 0 Å². The molecule has 0 fully saturated rings. The molecular formula is C14H19BrO. The summed E-state index contributed by atoms with van der Waals surface area (Å²) in [6.07, 6.45) is 0. The Labute approximate surface area is 106 Å². The fraction of sp³-hybridized carbons (Fsp3) is 0.571. The van der Waals surface area contributed by atoms with Gasteiger partial charge in [-0.25, -0.2) is 0 Å². The van der Waals surface area contributed by atoms with Crippen LogP contribution in [0.15, 0.2) is 18.2 Å². The highest BCUT2D eigenvalue weighted by atomic mass is 79.9. The second-order valence-electron chi connectivity index (χ2n) is 5.57. The third kappa shape index (κ3) is 2.00. The molecule has 1 aromatic carbocycles. The molecule has 0 spiro atoms. The van der Waals surface area contributed by atoms with Crippen molar-refractivity contribution in [1.29, 1.82) is 0 Å². The molecule has 2 rings (SSSR count). The van der Waals surface area contributed by atoms with Gasteiger partial charge in [-0.15, -0.1) is 0 Å². The van der Waals surface area contributed by atoms with E-state index in [-0.39, 0.29) is 5.41 Å². The zero-order chi connectivity index (χ0) is 11.9. The monoisotopic (exact) mass is 282 g/mol. The maximum atomic E-state index is 5.69. The average Bonchev–Trinajstić information content (AvgIpc) is 2.53. The largest absolute Gasteiger partial charge is 0.492 e. The molecule has 0 N–H and O–H groups in total. The summed E-state index contributed by atoms with van der Waals surface area (Å²) in [6, 6.07) is 6.57. The van der Waals surface area contributed by atoms with Crippen LogP contribution in [-0.2, 0) is 5.41 Å². The molecule has 1 nitrogen and oxygen atoms in total. The van der Waals surface area contributed by atoms with Crippen LogP contribution in [0.4, 0.5) is 0 Å². The lowest BCUT2D eigenvalue weighted by Crippen LogP contribution is -2.18. The van der Waals surface area contributed by atoms with Crippen molar-refractivity contribution in [1.82, 2.24) is 0 Å². The normalized spacial score (nSPS) is 19.4. The second-order valence-corrected chi connectivity index (χ2v) is 6.56. The van der Waals surface area contributed by atoms with Crippen LogP contribution in [0.25, 0.3) is 0 Å². The molecule has 0 radical (unpaired) electrons. The van der Waals surface area contributed by atoms with E-state index in [1.165, 1.54) is 11.1 Å². The Bertz CT molecular complexity index is 396. The minimum Gasteiger partial charge on any atom is -0.492 e. The number of hydrogen-bond donors (Lipinski definition) is 0. The van der Waals surface area contributed by atoms with Gasteiger partial charge < -0.3 is 4.74 Å². The first-order valence-electron chi connectivity index (χ1n) is 5.83. The molecule has 16 heavy (non-hydrogen) atoms. The predicted octanol–water partition coefficient (Wildman–Crippen LogP) is 4.45. The molecule has 0 saturated carbocycles. The minimum atomic E-state index is 0.148. The predicted molar refractivity (Wildman–Crippen MR) is 71.5 cm³/mol. The van der Waals surface area contributed by atoms with E-state index in [4.69, 9.17) is 4.74 Å². The van der Waals surface area contributed by atoms with Gasteiger partial charge in [0, 0.05) is 15.8 Å². The van der Waals surface area contributed by atoms with Crippen molar-refractivity contribution in [2.75, 3.05) is 6.61 Å². The van der Waals surface area contributed by atoms with Crippen LogP contribution in [0.3, 0.4) is 0 Å². The quantitative estimate of drug-likeness (QED) is 0.729. The molecule has 2 heteroatoms. The molecule has 1 heterocycles. The van der Waals surface area contributed by atoms with Crippen molar-refractivity contribution in [3.63, 3.8) is 0 Å². The van der Waals surface area contributed by atoms with Crippen molar-refractivity contribution >= 4 is 15.9 Å². The lowest BCUT2D eigenvalue weighted by atomic mass is 9.85. The van der Waals surface area contributed by atoms with Gasteiger partial charge in [0.05, 0.1) is 6.61 Å². The summed E-state index contributed by atoms with van der Waals surface area (Å²) < 4.78 is 5.69. The van der Waals surface area contributed by atoms with E-state index < -0.39 is 0 Å². The summed E-state index contributed by atoms with van der Waals surface area (Å²) in [5.41, 5.74) is 2.84. The van der Waals surface area contributed by atoms with E-state index in [2.05, 4.69) is 61.8 Å². The molecule has 0 aromatic heterocycles. The molecule has 0 saturated heterocycles. The number of hydrogen-bond acceptors (Lipinski definition) is 1. The second kappa shape index (κ2) is 4.06. The first-order valence-corrected chi connectivity index (χ1v) is 6.74. The van der Waals surface area contributed by atoms with Gasteiger partial charge in [0.2, 0.25) is 0 Å². The van der Waals surface area contributed by atoms with Crippen LogP contribution in [-0.4, -0.2) is 6.61 Å². The van der Waals surface area contributed by atoms with Crippen LogP contribution >= 0.6 is 15.9 Å². The van der Waals surface area contributed by atoms with Gasteiger partial charge in [-0.2, -0.15) is 0 Å². The average molecular weight is 283 g/mol. The number of rotatable bonds is 2. The number of ether oxygens (including phenoxy) is 1. The SMILES string of the molecule is CC(C)C(Br)c1ccc2c(c1)C(C)(C)CO2. The highest BCUT2D eigenvalue weighted by Crippen LogP contribution is 2.41. The Balaban J connectivity index is 2.39. The number of benzene rings is 1. The Kier molecular flexibility index (Phi) is 3.04. The van der Waals surface area contributed by atoms with Crippen molar-refractivity contribution in [2.24, 2.45) is 5.92 Å². The fourth-order valence-corrected chi connectivity index (χ4v) is 2.38. The summed E-state index contributed by atoms with van der Waals surface area (Å²) in [5.74, 6) is 1.65. The smallest absolute Gasteiger partial charge is 0.123 e. The molecule has 1 aromatic rings. The fourth-order valence-electron chi connectivity index (χ4n) is 2.09. The number of alkyl halides is 1. The van der Waals surface area contributed by atoms with Gasteiger partial charge in [-0.1, -0.05) is 55.8 Å². The Morgan fingerprint density at radius 1 is 1.31 bits per heavy atom. The maximum absolute atomic E-state index is 5.69. The Morgan fingerprint density at radius 2 is 2.00 bits per heavy atom.